The molecule has 0 bridgehead atoms. The van der Waals surface area contributed by atoms with E-state index in [1.807, 2.05) is 6.07 Å². The van der Waals surface area contributed by atoms with Gasteiger partial charge in [-0.25, -0.2) is 0 Å². The van der Waals surface area contributed by atoms with Crippen LogP contribution in [0.2, 0.25) is 5.22 Å². The molecule has 1 heterocycles. The SMILES string of the molecule is O=C(O)Cc1cccc2cc(Cl)oc12. The van der Waals surface area contributed by atoms with Crippen LogP contribution in [0.3, 0.4) is 0 Å². The lowest BCUT2D eigenvalue weighted by molar-refractivity contribution is -0.136. The maximum atomic E-state index is 10.5. The molecule has 14 heavy (non-hydrogen) atoms. The molecule has 3 nitrogen and oxygen atoms in total. The number of fused-ring (bicyclic) bond motifs is 1. The predicted octanol–water partition coefficient (Wildman–Crippen LogP) is 2.71. The Hall–Kier alpha value is -1.48. The van der Waals surface area contributed by atoms with Crippen LogP contribution in [0.4, 0.5) is 0 Å². The Bertz CT molecular complexity index is 487. The van der Waals surface area contributed by atoms with Crippen molar-refractivity contribution in [3.05, 3.63) is 35.0 Å². The fraction of sp³-hybridized carbons (Fsp3) is 0.100. The molecule has 0 aliphatic rings. The topological polar surface area (TPSA) is 50.4 Å². The zero-order valence-corrected chi connectivity index (χ0v) is 7.91. The van der Waals surface area contributed by atoms with E-state index in [2.05, 4.69) is 0 Å². The van der Waals surface area contributed by atoms with Gasteiger partial charge in [0.2, 0.25) is 0 Å². The lowest BCUT2D eigenvalue weighted by Gasteiger charge is -1.96. The first-order valence-electron chi connectivity index (χ1n) is 4.05. The minimum atomic E-state index is -0.884. The Kier molecular flexibility index (Phi) is 2.17. The lowest BCUT2D eigenvalue weighted by atomic mass is 10.1. The van der Waals surface area contributed by atoms with Crippen LogP contribution in [0, 0.1) is 0 Å². The van der Waals surface area contributed by atoms with Crippen LogP contribution in [0.25, 0.3) is 11.0 Å². The van der Waals surface area contributed by atoms with E-state index >= 15 is 0 Å². The van der Waals surface area contributed by atoms with Crippen LogP contribution in [0.1, 0.15) is 5.56 Å². The molecule has 1 aromatic carbocycles. The van der Waals surface area contributed by atoms with Gasteiger partial charge >= 0.3 is 5.97 Å². The second-order valence-electron chi connectivity index (χ2n) is 2.96. The van der Waals surface area contributed by atoms with Gasteiger partial charge in [-0.3, -0.25) is 4.79 Å². The van der Waals surface area contributed by atoms with Crippen molar-refractivity contribution in [3.63, 3.8) is 0 Å². The third-order valence-corrected chi connectivity index (χ3v) is 2.12. The van der Waals surface area contributed by atoms with Crippen LogP contribution in [-0.2, 0) is 11.2 Å². The molecule has 0 radical (unpaired) electrons. The van der Waals surface area contributed by atoms with Crippen molar-refractivity contribution < 1.29 is 14.3 Å². The number of aliphatic carboxylic acids is 1. The molecule has 2 aromatic rings. The van der Waals surface area contributed by atoms with Crippen molar-refractivity contribution in [2.24, 2.45) is 0 Å². The molecule has 1 N–H and O–H groups in total. The molecule has 0 amide bonds. The molecule has 0 fully saturated rings. The summed E-state index contributed by atoms with van der Waals surface area (Å²) in [6.45, 7) is 0. The summed E-state index contributed by atoms with van der Waals surface area (Å²) in [6.07, 6.45) is -0.0544. The van der Waals surface area contributed by atoms with Crippen molar-refractivity contribution in [2.45, 2.75) is 6.42 Å². The van der Waals surface area contributed by atoms with Crippen LogP contribution in [0.5, 0.6) is 0 Å². The van der Waals surface area contributed by atoms with Crippen LogP contribution in [0.15, 0.2) is 28.7 Å². The van der Waals surface area contributed by atoms with E-state index in [0.717, 1.165) is 5.39 Å². The molecule has 0 unspecified atom stereocenters. The first kappa shape index (κ1) is 9.09. The Morgan fingerprint density at radius 2 is 2.29 bits per heavy atom. The Labute approximate surface area is 84.9 Å². The van der Waals surface area contributed by atoms with Gasteiger partial charge in [-0.2, -0.15) is 0 Å². The van der Waals surface area contributed by atoms with Crippen LogP contribution in [-0.4, -0.2) is 11.1 Å². The summed E-state index contributed by atoms with van der Waals surface area (Å²) in [5.74, 6) is -0.884. The highest BCUT2D eigenvalue weighted by atomic mass is 35.5. The highest BCUT2D eigenvalue weighted by Crippen LogP contribution is 2.26. The summed E-state index contributed by atoms with van der Waals surface area (Å²) >= 11 is 5.68. The summed E-state index contributed by atoms with van der Waals surface area (Å²) in [7, 11) is 0. The molecule has 72 valence electrons. The van der Waals surface area contributed by atoms with Crippen molar-refractivity contribution >= 4 is 28.5 Å². The van der Waals surface area contributed by atoms with Gasteiger partial charge in [0.25, 0.3) is 0 Å². The molecular formula is C10H7ClO3. The molecule has 0 aliphatic carbocycles. The first-order chi connectivity index (χ1) is 6.66. The number of rotatable bonds is 2. The second kappa shape index (κ2) is 3.35. The van der Waals surface area contributed by atoms with E-state index in [0.29, 0.717) is 11.1 Å². The molecule has 1 aromatic heterocycles. The zero-order valence-electron chi connectivity index (χ0n) is 7.16. The number of para-hydroxylation sites is 1. The van der Waals surface area contributed by atoms with Gasteiger partial charge in [0.15, 0.2) is 5.22 Å². The van der Waals surface area contributed by atoms with Gasteiger partial charge < -0.3 is 9.52 Å². The van der Waals surface area contributed by atoms with Gasteiger partial charge in [0.05, 0.1) is 6.42 Å². The molecule has 0 atom stereocenters. The number of hydrogen-bond acceptors (Lipinski definition) is 2. The van der Waals surface area contributed by atoms with Crippen LogP contribution < -0.4 is 0 Å². The summed E-state index contributed by atoms with van der Waals surface area (Å²) in [6, 6.07) is 7.00. The zero-order chi connectivity index (χ0) is 10.1. The summed E-state index contributed by atoms with van der Waals surface area (Å²) in [4.78, 5) is 10.5. The minimum Gasteiger partial charge on any atom is -0.481 e. The monoisotopic (exact) mass is 210 g/mol. The van der Waals surface area contributed by atoms with Gasteiger partial charge in [-0.05, 0) is 11.6 Å². The average molecular weight is 211 g/mol. The van der Waals surface area contributed by atoms with Crippen molar-refractivity contribution in [1.82, 2.24) is 0 Å². The maximum absolute atomic E-state index is 10.5. The van der Waals surface area contributed by atoms with E-state index in [-0.39, 0.29) is 11.6 Å². The number of hydrogen-bond donors (Lipinski definition) is 1. The number of carboxylic acid groups (broad SMARTS) is 1. The van der Waals surface area contributed by atoms with Gasteiger partial charge in [-0.1, -0.05) is 18.2 Å². The largest absolute Gasteiger partial charge is 0.481 e. The normalized spacial score (nSPS) is 10.6. The number of carboxylic acids is 1. The molecule has 4 heteroatoms. The smallest absolute Gasteiger partial charge is 0.307 e. The summed E-state index contributed by atoms with van der Waals surface area (Å²) in [5.41, 5.74) is 1.20. The van der Waals surface area contributed by atoms with Crippen molar-refractivity contribution in [1.29, 1.82) is 0 Å². The standard InChI is InChI=1S/C10H7ClO3/c11-8-4-6-2-1-3-7(5-9(12)13)10(6)14-8/h1-4H,5H2,(H,12,13). The van der Waals surface area contributed by atoms with Gasteiger partial charge in [-0.15, -0.1) is 0 Å². The third-order valence-electron chi connectivity index (χ3n) is 1.94. The van der Waals surface area contributed by atoms with Gasteiger partial charge in [0, 0.05) is 17.0 Å². The lowest BCUT2D eigenvalue weighted by Crippen LogP contribution is -1.99. The van der Waals surface area contributed by atoms with E-state index in [9.17, 15) is 4.79 Å². The Balaban J connectivity index is 2.58. The van der Waals surface area contributed by atoms with E-state index in [1.165, 1.54) is 0 Å². The van der Waals surface area contributed by atoms with Crippen molar-refractivity contribution in [3.8, 4) is 0 Å². The average Bonchev–Trinajstić information content (AvgIpc) is 2.45. The first-order valence-corrected chi connectivity index (χ1v) is 4.43. The molecule has 0 aliphatic heterocycles. The highest BCUT2D eigenvalue weighted by molar-refractivity contribution is 6.29. The molecule has 0 spiro atoms. The predicted molar refractivity (Wildman–Crippen MR) is 52.6 cm³/mol. The van der Waals surface area contributed by atoms with E-state index in [4.69, 9.17) is 21.1 Å². The Morgan fingerprint density at radius 3 is 3.00 bits per heavy atom. The third kappa shape index (κ3) is 1.59. The summed E-state index contributed by atoms with van der Waals surface area (Å²) in [5, 5.41) is 9.76. The number of carbonyl (C=O) groups is 1. The van der Waals surface area contributed by atoms with Crippen molar-refractivity contribution in [2.75, 3.05) is 0 Å². The van der Waals surface area contributed by atoms with Gasteiger partial charge in [0.1, 0.15) is 5.58 Å². The molecule has 0 saturated carbocycles. The molecule has 2 rings (SSSR count). The number of furan rings is 1. The maximum Gasteiger partial charge on any atom is 0.307 e. The fourth-order valence-electron chi connectivity index (χ4n) is 1.39. The quantitative estimate of drug-likeness (QED) is 0.829. The minimum absolute atomic E-state index is 0.0544. The number of halogens is 1. The van der Waals surface area contributed by atoms with Crippen LogP contribution >= 0.6 is 11.6 Å². The fourth-order valence-corrected chi connectivity index (χ4v) is 1.59. The van der Waals surface area contributed by atoms with E-state index < -0.39 is 5.97 Å². The number of benzene rings is 1. The highest BCUT2D eigenvalue weighted by Gasteiger charge is 2.09. The molecular weight excluding hydrogens is 204 g/mol. The summed E-state index contributed by atoms with van der Waals surface area (Å²) < 4.78 is 5.20. The second-order valence-corrected chi connectivity index (χ2v) is 3.33. The Morgan fingerprint density at radius 1 is 1.50 bits per heavy atom. The van der Waals surface area contributed by atoms with E-state index in [1.54, 1.807) is 18.2 Å². The molecule has 0 saturated heterocycles.